The lowest BCUT2D eigenvalue weighted by Crippen LogP contribution is -2.43. The summed E-state index contributed by atoms with van der Waals surface area (Å²) in [6, 6.07) is 32.5. The largest absolute Gasteiger partial charge is 0.497 e. The highest BCUT2D eigenvalue weighted by Crippen LogP contribution is 2.38. The van der Waals surface area contributed by atoms with Crippen LogP contribution in [0.15, 0.2) is 103 Å². The van der Waals surface area contributed by atoms with E-state index in [9.17, 15) is 4.79 Å². The summed E-state index contributed by atoms with van der Waals surface area (Å²) in [5, 5.41) is 3.53. The molecule has 0 radical (unpaired) electrons. The minimum Gasteiger partial charge on any atom is -0.497 e. The number of hydrogen-bond donors (Lipinski definition) is 1. The fourth-order valence-corrected chi connectivity index (χ4v) is 3.87. The number of fused-ring (bicyclic) bond motifs is 1. The Balaban J connectivity index is 1.55. The van der Waals surface area contributed by atoms with Crippen molar-refractivity contribution in [3.8, 4) is 17.2 Å². The molecule has 1 aliphatic rings. The SMILES string of the molecule is COc1ccc(N2C(=O)c3ccccc3NC2c2cccc(Oc3ccccc3)c2)cc1. The predicted molar refractivity (Wildman–Crippen MR) is 126 cm³/mol. The van der Waals surface area contributed by atoms with E-state index >= 15 is 0 Å². The van der Waals surface area contributed by atoms with Gasteiger partial charge in [-0.05, 0) is 66.2 Å². The molecule has 1 atom stereocenters. The number of amides is 1. The summed E-state index contributed by atoms with van der Waals surface area (Å²) in [4.78, 5) is 15.3. The molecule has 1 amide bonds. The van der Waals surface area contributed by atoms with E-state index in [0.717, 1.165) is 28.4 Å². The molecule has 158 valence electrons. The molecule has 32 heavy (non-hydrogen) atoms. The van der Waals surface area contributed by atoms with Crippen molar-refractivity contribution in [1.29, 1.82) is 0 Å². The van der Waals surface area contributed by atoms with Gasteiger partial charge in [-0.3, -0.25) is 9.69 Å². The van der Waals surface area contributed by atoms with Crippen LogP contribution in [-0.2, 0) is 0 Å². The van der Waals surface area contributed by atoms with Gasteiger partial charge in [-0.15, -0.1) is 0 Å². The van der Waals surface area contributed by atoms with Crippen LogP contribution >= 0.6 is 0 Å². The quantitative estimate of drug-likeness (QED) is 0.412. The van der Waals surface area contributed by atoms with E-state index in [1.807, 2.05) is 103 Å². The summed E-state index contributed by atoms with van der Waals surface area (Å²) < 4.78 is 11.3. The maximum atomic E-state index is 13.6. The molecule has 0 spiro atoms. The van der Waals surface area contributed by atoms with E-state index < -0.39 is 6.17 Å². The first-order valence-corrected chi connectivity index (χ1v) is 10.4. The Bertz CT molecular complexity index is 1240. The van der Waals surface area contributed by atoms with Gasteiger partial charge >= 0.3 is 0 Å². The molecule has 0 fully saturated rings. The Morgan fingerprint density at radius 2 is 1.47 bits per heavy atom. The highest BCUT2D eigenvalue weighted by molar-refractivity contribution is 6.12. The second kappa shape index (κ2) is 8.47. The molecule has 5 heteroatoms. The van der Waals surface area contributed by atoms with Crippen molar-refractivity contribution in [2.75, 3.05) is 17.3 Å². The van der Waals surface area contributed by atoms with Crippen molar-refractivity contribution >= 4 is 17.3 Å². The number of para-hydroxylation sites is 2. The third-order valence-corrected chi connectivity index (χ3v) is 5.43. The predicted octanol–water partition coefficient (Wildman–Crippen LogP) is 6.26. The molecule has 0 saturated heterocycles. The second-order valence-corrected chi connectivity index (χ2v) is 7.45. The molecule has 0 aromatic heterocycles. The molecule has 4 aromatic carbocycles. The van der Waals surface area contributed by atoms with Gasteiger partial charge in [0.2, 0.25) is 0 Å². The Morgan fingerprint density at radius 1 is 0.750 bits per heavy atom. The number of benzene rings is 4. The number of nitrogens with one attached hydrogen (secondary N) is 1. The minimum atomic E-state index is -0.398. The lowest BCUT2D eigenvalue weighted by Gasteiger charge is -2.38. The lowest BCUT2D eigenvalue weighted by molar-refractivity contribution is 0.0975. The first-order chi connectivity index (χ1) is 15.7. The summed E-state index contributed by atoms with van der Waals surface area (Å²) >= 11 is 0. The van der Waals surface area contributed by atoms with Crippen molar-refractivity contribution in [1.82, 2.24) is 0 Å². The van der Waals surface area contributed by atoms with Crippen molar-refractivity contribution in [3.05, 3.63) is 114 Å². The van der Waals surface area contributed by atoms with E-state index in [2.05, 4.69) is 5.32 Å². The van der Waals surface area contributed by atoms with Gasteiger partial charge in [0.05, 0.1) is 12.7 Å². The zero-order valence-corrected chi connectivity index (χ0v) is 17.6. The fourth-order valence-electron chi connectivity index (χ4n) is 3.87. The van der Waals surface area contributed by atoms with Gasteiger partial charge in [0, 0.05) is 11.4 Å². The van der Waals surface area contributed by atoms with Crippen molar-refractivity contribution in [2.45, 2.75) is 6.17 Å². The minimum absolute atomic E-state index is 0.0658. The zero-order chi connectivity index (χ0) is 21.9. The van der Waals surface area contributed by atoms with Crippen LogP contribution in [0, 0.1) is 0 Å². The molecular formula is C27H22N2O3. The average Bonchev–Trinajstić information content (AvgIpc) is 2.85. The molecule has 0 aliphatic carbocycles. The molecule has 5 nitrogen and oxygen atoms in total. The average molecular weight is 422 g/mol. The number of ether oxygens (including phenoxy) is 2. The van der Waals surface area contributed by atoms with Gasteiger partial charge in [0.1, 0.15) is 23.4 Å². The summed E-state index contributed by atoms with van der Waals surface area (Å²) in [6.45, 7) is 0. The summed E-state index contributed by atoms with van der Waals surface area (Å²) in [6.07, 6.45) is -0.398. The van der Waals surface area contributed by atoms with E-state index in [1.54, 1.807) is 12.0 Å². The van der Waals surface area contributed by atoms with Crippen LogP contribution in [0.25, 0.3) is 0 Å². The maximum absolute atomic E-state index is 13.6. The number of carbonyl (C=O) groups is 1. The van der Waals surface area contributed by atoms with Crippen molar-refractivity contribution < 1.29 is 14.3 Å². The molecule has 0 saturated carbocycles. The molecule has 1 unspecified atom stereocenters. The maximum Gasteiger partial charge on any atom is 0.262 e. The molecule has 4 aromatic rings. The van der Waals surface area contributed by atoms with Crippen LogP contribution in [0.5, 0.6) is 17.2 Å². The molecule has 1 aliphatic heterocycles. The standard InChI is InChI=1S/C27H22N2O3/c1-31-21-16-14-20(15-17-21)29-26(28-25-13-6-5-12-24(25)27(29)30)19-8-7-11-23(18-19)32-22-9-3-2-4-10-22/h2-18,26,28H,1H3. The fraction of sp³-hybridized carbons (Fsp3) is 0.0741. The first kappa shape index (κ1) is 19.7. The number of anilines is 2. The van der Waals surface area contributed by atoms with E-state index in [1.165, 1.54) is 0 Å². The Kier molecular flexibility index (Phi) is 5.22. The van der Waals surface area contributed by atoms with Gasteiger partial charge in [0.25, 0.3) is 5.91 Å². The normalized spacial score (nSPS) is 15.0. The topological polar surface area (TPSA) is 50.8 Å². The number of rotatable bonds is 5. The zero-order valence-electron chi connectivity index (χ0n) is 17.6. The number of nitrogens with zero attached hydrogens (tertiary/aromatic N) is 1. The van der Waals surface area contributed by atoms with E-state index in [0.29, 0.717) is 11.3 Å². The highest BCUT2D eigenvalue weighted by atomic mass is 16.5. The Hall–Kier alpha value is -4.25. The third-order valence-electron chi connectivity index (χ3n) is 5.43. The third kappa shape index (κ3) is 3.76. The molecule has 1 N–H and O–H groups in total. The Labute approximate surface area is 186 Å². The molecule has 0 bridgehead atoms. The van der Waals surface area contributed by atoms with Crippen LogP contribution in [0.3, 0.4) is 0 Å². The lowest BCUT2D eigenvalue weighted by atomic mass is 10.0. The molecule has 1 heterocycles. The van der Waals surface area contributed by atoms with Gasteiger partial charge in [0.15, 0.2) is 0 Å². The molecule has 5 rings (SSSR count). The van der Waals surface area contributed by atoms with Crippen LogP contribution in [0.1, 0.15) is 22.1 Å². The van der Waals surface area contributed by atoms with E-state index in [-0.39, 0.29) is 5.91 Å². The Morgan fingerprint density at radius 3 is 2.25 bits per heavy atom. The van der Waals surface area contributed by atoms with Gasteiger partial charge in [-0.25, -0.2) is 0 Å². The van der Waals surface area contributed by atoms with Crippen LogP contribution in [-0.4, -0.2) is 13.0 Å². The highest BCUT2D eigenvalue weighted by Gasteiger charge is 2.34. The summed E-state index contributed by atoms with van der Waals surface area (Å²) in [5.74, 6) is 2.14. The van der Waals surface area contributed by atoms with Crippen LogP contribution in [0.2, 0.25) is 0 Å². The summed E-state index contributed by atoms with van der Waals surface area (Å²) in [5.41, 5.74) is 3.13. The monoisotopic (exact) mass is 422 g/mol. The second-order valence-electron chi connectivity index (χ2n) is 7.45. The van der Waals surface area contributed by atoms with Crippen molar-refractivity contribution in [3.63, 3.8) is 0 Å². The smallest absolute Gasteiger partial charge is 0.262 e. The molecular weight excluding hydrogens is 400 g/mol. The number of methoxy groups -OCH3 is 1. The number of carbonyl (C=O) groups excluding carboxylic acids is 1. The van der Waals surface area contributed by atoms with Crippen LogP contribution < -0.4 is 19.7 Å². The van der Waals surface area contributed by atoms with Gasteiger partial charge < -0.3 is 14.8 Å². The van der Waals surface area contributed by atoms with Gasteiger partial charge in [-0.1, -0.05) is 42.5 Å². The van der Waals surface area contributed by atoms with Crippen molar-refractivity contribution in [2.24, 2.45) is 0 Å². The van der Waals surface area contributed by atoms with Crippen LogP contribution in [0.4, 0.5) is 11.4 Å². The van der Waals surface area contributed by atoms with E-state index in [4.69, 9.17) is 9.47 Å². The first-order valence-electron chi connectivity index (χ1n) is 10.4. The summed E-state index contributed by atoms with van der Waals surface area (Å²) in [7, 11) is 1.62. The number of hydrogen-bond acceptors (Lipinski definition) is 4. The van der Waals surface area contributed by atoms with Gasteiger partial charge in [-0.2, -0.15) is 0 Å².